The van der Waals surface area contributed by atoms with Crippen LogP contribution in [0.3, 0.4) is 0 Å². The van der Waals surface area contributed by atoms with E-state index in [9.17, 15) is 50.2 Å². The third-order valence-corrected chi connectivity index (χ3v) is 10.8. The first-order valence-electron chi connectivity index (χ1n) is 16.1. The highest BCUT2D eigenvalue weighted by molar-refractivity contribution is 7.89. The number of phenols is 1. The number of rotatable bonds is 12. The van der Waals surface area contributed by atoms with Gasteiger partial charge in [-0.15, -0.1) is 0 Å². The lowest BCUT2D eigenvalue weighted by atomic mass is 9.84. The summed E-state index contributed by atoms with van der Waals surface area (Å²) in [5.74, 6) is -15.1. The van der Waals surface area contributed by atoms with Crippen LogP contribution in [0.5, 0.6) is 5.75 Å². The Bertz CT molecular complexity index is 2130. The standard InChI is InChI=1S/C37H34ClF5N2O6S/c1-37(2,3)24-15-21(14-23(16-24)22-6-7-22)19-45(26-10-11-27(36(48)49)28(46)17-26)29(47)12-13-44(18-20-4-8-25(38)9-5-20)52(50,51)35-33(42)31(40)30(39)32(41)34(35)43/h4-5,8-11,14-17,22,46H,6-7,12-13,18-19H2,1-3H3,(H,48,49). The Morgan fingerprint density at radius 3 is 1.96 bits per heavy atom. The second kappa shape index (κ2) is 14.8. The number of aromatic carboxylic acids is 1. The number of hydrogen-bond acceptors (Lipinski definition) is 5. The summed E-state index contributed by atoms with van der Waals surface area (Å²) in [4.78, 5) is 24.8. The fourth-order valence-electron chi connectivity index (χ4n) is 5.64. The monoisotopic (exact) mass is 764 g/mol. The van der Waals surface area contributed by atoms with Gasteiger partial charge in [-0.3, -0.25) is 4.79 Å². The van der Waals surface area contributed by atoms with Gasteiger partial charge in [-0.25, -0.2) is 35.2 Å². The van der Waals surface area contributed by atoms with Crippen LogP contribution in [-0.4, -0.2) is 41.4 Å². The molecule has 0 bridgehead atoms. The number of nitrogens with zero attached hydrogens (tertiary/aromatic N) is 2. The quantitative estimate of drug-likeness (QED) is 0.0851. The van der Waals surface area contributed by atoms with E-state index in [4.69, 9.17) is 11.6 Å². The Labute approximate surface area is 302 Å². The molecule has 0 heterocycles. The van der Waals surface area contributed by atoms with Crippen LogP contribution >= 0.6 is 11.6 Å². The number of aromatic hydroxyl groups is 1. The van der Waals surface area contributed by atoms with E-state index in [0.29, 0.717) is 15.8 Å². The number of carboxylic acids is 1. The predicted molar refractivity (Wildman–Crippen MR) is 183 cm³/mol. The van der Waals surface area contributed by atoms with E-state index >= 15 is 0 Å². The van der Waals surface area contributed by atoms with Crippen molar-refractivity contribution < 1.29 is 50.2 Å². The van der Waals surface area contributed by atoms with Crippen LogP contribution in [0.25, 0.3) is 0 Å². The molecule has 1 aliphatic carbocycles. The predicted octanol–water partition coefficient (Wildman–Crippen LogP) is 8.43. The normalized spacial score (nSPS) is 13.4. The van der Waals surface area contributed by atoms with Crippen LogP contribution in [0.1, 0.15) is 78.6 Å². The molecule has 0 radical (unpaired) electrons. The minimum atomic E-state index is -5.50. The first-order chi connectivity index (χ1) is 24.3. The van der Waals surface area contributed by atoms with Gasteiger partial charge in [0.15, 0.2) is 28.2 Å². The third kappa shape index (κ3) is 8.24. The van der Waals surface area contributed by atoms with Crippen LogP contribution in [0.15, 0.2) is 65.6 Å². The van der Waals surface area contributed by atoms with Crippen molar-refractivity contribution >= 4 is 39.2 Å². The molecule has 0 aliphatic heterocycles. The third-order valence-electron chi connectivity index (χ3n) is 8.71. The summed E-state index contributed by atoms with van der Waals surface area (Å²) in [6.45, 7) is 4.50. The van der Waals surface area contributed by atoms with Crippen LogP contribution < -0.4 is 4.90 Å². The maximum Gasteiger partial charge on any atom is 0.339 e. The van der Waals surface area contributed by atoms with Crippen LogP contribution in [0.4, 0.5) is 27.6 Å². The number of anilines is 1. The van der Waals surface area contributed by atoms with Crippen molar-refractivity contribution in [3.05, 3.63) is 123 Å². The lowest BCUT2D eigenvalue weighted by Crippen LogP contribution is -2.38. The van der Waals surface area contributed by atoms with E-state index < -0.39 is 86.7 Å². The summed E-state index contributed by atoms with van der Waals surface area (Å²) in [6.07, 6.45) is 1.29. The highest BCUT2D eigenvalue weighted by Crippen LogP contribution is 2.42. The number of carbonyl (C=O) groups excluding carboxylic acids is 1. The SMILES string of the molecule is CC(C)(C)c1cc(CN(C(=O)CCN(Cc2ccc(Cl)cc2)S(=O)(=O)c2c(F)c(F)c(F)c(F)c2F)c2ccc(C(=O)O)c(O)c2)cc(C2CC2)c1. The van der Waals surface area contributed by atoms with Gasteiger partial charge in [0, 0.05) is 36.3 Å². The van der Waals surface area contributed by atoms with Gasteiger partial charge in [0.05, 0.1) is 6.54 Å². The van der Waals surface area contributed by atoms with Crippen molar-refractivity contribution in [2.24, 2.45) is 0 Å². The van der Waals surface area contributed by atoms with E-state index in [2.05, 4.69) is 6.07 Å². The van der Waals surface area contributed by atoms with Gasteiger partial charge in [0.1, 0.15) is 11.3 Å². The van der Waals surface area contributed by atoms with E-state index in [1.807, 2.05) is 32.9 Å². The van der Waals surface area contributed by atoms with Crippen molar-refractivity contribution in [1.29, 1.82) is 0 Å². The summed E-state index contributed by atoms with van der Waals surface area (Å²) in [7, 11) is -5.50. The van der Waals surface area contributed by atoms with Gasteiger partial charge in [-0.1, -0.05) is 62.7 Å². The minimum Gasteiger partial charge on any atom is -0.507 e. The van der Waals surface area contributed by atoms with Crippen molar-refractivity contribution in [2.45, 2.75) is 69.4 Å². The zero-order valence-electron chi connectivity index (χ0n) is 28.2. The molecule has 5 rings (SSSR count). The average Bonchev–Trinajstić information content (AvgIpc) is 3.93. The lowest BCUT2D eigenvalue weighted by Gasteiger charge is -2.28. The topological polar surface area (TPSA) is 115 Å². The van der Waals surface area contributed by atoms with Crippen LogP contribution in [0, 0.1) is 29.1 Å². The number of amides is 1. The Balaban J connectivity index is 1.55. The molecular weight excluding hydrogens is 731 g/mol. The molecule has 1 fully saturated rings. The van der Waals surface area contributed by atoms with Crippen molar-refractivity contribution in [1.82, 2.24) is 4.31 Å². The van der Waals surface area contributed by atoms with Gasteiger partial charge >= 0.3 is 5.97 Å². The fraction of sp³-hybridized carbons (Fsp3) is 0.297. The molecule has 1 amide bonds. The summed E-state index contributed by atoms with van der Waals surface area (Å²) < 4.78 is 100.0. The summed E-state index contributed by atoms with van der Waals surface area (Å²) in [5, 5.41) is 20.2. The molecule has 52 heavy (non-hydrogen) atoms. The molecule has 4 aromatic rings. The second-order valence-corrected chi connectivity index (χ2v) is 15.9. The highest BCUT2D eigenvalue weighted by Gasteiger charge is 2.38. The minimum absolute atomic E-state index is 0.0495. The molecule has 0 atom stereocenters. The Morgan fingerprint density at radius 1 is 0.827 bits per heavy atom. The number of halogens is 6. The molecular formula is C37H34ClF5N2O6S. The van der Waals surface area contributed by atoms with E-state index in [1.165, 1.54) is 35.2 Å². The van der Waals surface area contributed by atoms with Crippen LogP contribution in [0.2, 0.25) is 5.02 Å². The van der Waals surface area contributed by atoms with Crippen LogP contribution in [-0.2, 0) is 33.3 Å². The number of benzene rings is 4. The molecule has 0 unspecified atom stereocenters. The maximum absolute atomic E-state index is 14.9. The molecule has 8 nitrogen and oxygen atoms in total. The molecule has 0 aromatic heterocycles. The molecule has 15 heteroatoms. The number of sulfonamides is 1. The van der Waals surface area contributed by atoms with Gasteiger partial charge in [-0.05, 0) is 70.7 Å². The molecule has 1 aliphatic rings. The molecule has 0 spiro atoms. The molecule has 0 saturated heterocycles. The smallest absolute Gasteiger partial charge is 0.339 e. The van der Waals surface area contributed by atoms with Crippen molar-refractivity contribution in [2.75, 3.05) is 11.4 Å². The zero-order valence-corrected chi connectivity index (χ0v) is 29.8. The van der Waals surface area contributed by atoms with E-state index in [-0.39, 0.29) is 28.2 Å². The number of carboxylic acid groups (broad SMARTS) is 1. The van der Waals surface area contributed by atoms with E-state index in [1.54, 1.807) is 0 Å². The Hall–Kier alpha value is -4.53. The summed E-state index contributed by atoms with van der Waals surface area (Å²) >= 11 is 5.94. The Kier molecular flexibility index (Phi) is 11.0. The molecule has 276 valence electrons. The first-order valence-corrected chi connectivity index (χ1v) is 17.9. The fourth-order valence-corrected chi connectivity index (χ4v) is 7.31. The highest BCUT2D eigenvalue weighted by atomic mass is 35.5. The van der Waals surface area contributed by atoms with Gasteiger partial charge in [-0.2, -0.15) is 4.31 Å². The van der Waals surface area contributed by atoms with E-state index in [0.717, 1.165) is 36.1 Å². The molecule has 2 N–H and O–H groups in total. The number of carbonyl (C=O) groups is 2. The number of hydrogen-bond donors (Lipinski definition) is 2. The molecule has 1 saturated carbocycles. The van der Waals surface area contributed by atoms with Gasteiger partial charge in [0.2, 0.25) is 21.7 Å². The zero-order chi connectivity index (χ0) is 38.3. The summed E-state index contributed by atoms with van der Waals surface area (Å²) in [6, 6.07) is 14.9. The molecule has 4 aromatic carbocycles. The van der Waals surface area contributed by atoms with Gasteiger partial charge in [0.25, 0.3) is 0 Å². The van der Waals surface area contributed by atoms with Gasteiger partial charge < -0.3 is 15.1 Å². The summed E-state index contributed by atoms with van der Waals surface area (Å²) in [5.41, 5.74) is 2.25. The first kappa shape index (κ1) is 38.7. The maximum atomic E-state index is 14.9. The average molecular weight is 765 g/mol. The second-order valence-electron chi connectivity index (χ2n) is 13.6. The Morgan fingerprint density at radius 2 is 1.42 bits per heavy atom. The lowest BCUT2D eigenvalue weighted by molar-refractivity contribution is -0.118. The van der Waals surface area contributed by atoms with Crippen molar-refractivity contribution in [3.8, 4) is 5.75 Å². The largest absolute Gasteiger partial charge is 0.507 e. The van der Waals surface area contributed by atoms with Crippen molar-refractivity contribution in [3.63, 3.8) is 0 Å².